The molecule has 0 bridgehead atoms. The Morgan fingerprint density at radius 1 is 1.53 bits per heavy atom. The van der Waals surface area contributed by atoms with Gasteiger partial charge in [0.15, 0.2) is 0 Å². The molecule has 1 atom stereocenters. The van der Waals surface area contributed by atoms with E-state index >= 15 is 0 Å². The number of benzene rings is 1. The molecule has 1 unspecified atom stereocenters. The van der Waals surface area contributed by atoms with Gasteiger partial charge in [-0.2, -0.15) is 0 Å². The number of ether oxygens (including phenoxy) is 1. The highest BCUT2D eigenvalue weighted by atomic mass is 16.5. The van der Waals surface area contributed by atoms with Crippen molar-refractivity contribution < 1.29 is 14.6 Å². The molecule has 0 spiro atoms. The first-order chi connectivity index (χ1) is 8.04. The number of aromatic hydroxyl groups is 1. The summed E-state index contributed by atoms with van der Waals surface area (Å²) in [6.07, 6.45) is -0.0111. The van der Waals surface area contributed by atoms with Crippen molar-refractivity contribution in [2.75, 3.05) is 13.2 Å². The SMILES string of the molecule is CCOC(C)CNC(=O)c1ccc(C)c(O)c1. The van der Waals surface area contributed by atoms with Crippen LogP contribution >= 0.6 is 0 Å². The Balaban J connectivity index is 2.55. The van der Waals surface area contributed by atoms with Crippen LogP contribution in [0.4, 0.5) is 0 Å². The van der Waals surface area contributed by atoms with Crippen LogP contribution in [0.3, 0.4) is 0 Å². The van der Waals surface area contributed by atoms with Gasteiger partial charge in [-0.3, -0.25) is 4.79 Å². The Hall–Kier alpha value is -1.55. The molecule has 1 amide bonds. The molecule has 0 saturated heterocycles. The zero-order valence-electron chi connectivity index (χ0n) is 10.5. The maximum absolute atomic E-state index is 11.7. The second kappa shape index (κ2) is 6.25. The zero-order valence-corrected chi connectivity index (χ0v) is 10.5. The first kappa shape index (κ1) is 13.5. The van der Waals surface area contributed by atoms with Crippen molar-refractivity contribution in [3.05, 3.63) is 29.3 Å². The summed E-state index contributed by atoms with van der Waals surface area (Å²) in [6.45, 7) is 6.69. The van der Waals surface area contributed by atoms with Gasteiger partial charge in [0.2, 0.25) is 0 Å². The molecular formula is C13H19NO3. The summed E-state index contributed by atoms with van der Waals surface area (Å²) in [5, 5.41) is 12.3. The number of rotatable bonds is 5. The Morgan fingerprint density at radius 2 is 2.24 bits per heavy atom. The Labute approximate surface area is 102 Å². The van der Waals surface area contributed by atoms with E-state index in [1.165, 1.54) is 6.07 Å². The first-order valence-corrected chi connectivity index (χ1v) is 5.74. The average Bonchev–Trinajstić information content (AvgIpc) is 2.30. The summed E-state index contributed by atoms with van der Waals surface area (Å²) >= 11 is 0. The molecule has 4 nitrogen and oxygen atoms in total. The van der Waals surface area contributed by atoms with Crippen LogP contribution in [0, 0.1) is 6.92 Å². The van der Waals surface area contributed by atoms with Gasteiger partial charge >= 0.3 is 0 Å². The molecule has 0 aliphatic rings. The van der Waals surface area contributed by atoms with Crippen LogP contribution in [0.15, 0.2) is 18.2 Å². The van der Waals surface area contributed by atoms with Gasteiger partial charge in [0.25, 0.3) is 5.91 Å². The van der Waals surface area contributed by atoms with E-state index in [2.05, 4.69) is 5.32 Å². The van der Waals surface area contributed by atoms with Crippen molar-refractivity contribution in [2.45, 2.75) is 26.9 Å². The molecule has 0 fully saturated rings. The van der Waals surface area contributed by atoms with E-state index in [-0.39, 0.29) is 17.8 Å². The molecule has 0 aliphatic carbocycles. The van der Waals surface area contributed by atoms with Crippen LogP contribution in [0.25, 0.3) is 0 Å². The van der Waals surface area contributed by atoms with E-state index < -0.39 is 0 Å². The smallest absolute Gasteiger partial charge is 0.251 e. The molecular weight excluding hydrogens is 218 g/mol. The lowest BCUT2D eigenvalue weighted by molar-refractivity contribution is 0.0695. The minimum Gasteiger partial charge on any atom is -0.508 e. The number of hydrogen-bond donors (Lipinski definition) is 2. The van der Waals surface area contributed by atoms with E-state index in [9.17, 15) is 9.90 Å². The number of aryl methyl sites for hydroxylation is 1. The highest BCUT2D eigenvalue weighted by Crippen LogP contribution is 2.17. The maximum atomic E-state index is 11.7. The van der Waals surface area contributed by atoms with Crippen LogP contribution < -0.4 is 5.32 Å². The minimum absolute atomic E-state index is 0.0111. The molecule has 17 heavy (non-hydrogen) atoms. The second-order valence-electron chi connectivity index (χ2n) is 3.98. The lowest BCUT2D eigenvalue weighted by Crippen LogP contribution is -2.32. The number of carbonyl (C=O) groups is 1. The van der Waals surface area contributed by atoms with Crippen LogP contribution in [-0.4, -0.2) is 30.3 Å². The van der Waals surface area contributed by atoms with Crippen LogP contribution in [0.1, 0.15) is 29.8 Å². The molecule has 94 valence electrons. The number of amides is 1. The van der Waals surface area contributed by atoms with Crippen molar-refractivity contribution in [1.82, 2.24) is 5.32 Å². The first-order valence-electron chi connectivity index (χ1n) is 5.74. The van der Waals surface area contributed by atoms with Gasteiger partial charge in [0.05, 0.1) is 6.10 Å². The predicted molar refractivity (Wildman–Crippen MR) is 66.3 cm³/mol. The van der Waals surface area contributed by atoms with E-state index in [0.29, 0.717) is 18.7 Å². The molecule has 1 rings (SSSR count). The van der Waals surface area contributed by atoms with Gasteiger partial charge < -0.3 is 15.2 Å². The van der Waals surface area contributed by atoms with Gasteiger partial charge in [-0.05, 0) is 38.5 Å². The number of nitrogens with one attached hydrogen (secondary N) is 1. The highest BCUT2D eigenvalue weighted by Gasteiger charge is 2.09. The van der Waals surface area contributed by atoms with Crippen molar-refractivity contribution in [3.8, 4) is 5.75 Å². The summed E-state index contributed by atoms with van der Waals surface area (Å²) in [4.78, 5) is 11.7. The van der Waals surface area contributed by atoms with E-state index in [1.54, 1.807) is 19.1 Å². The third-order valence-electron chi connectivity index (χ3n) is 2.47. The minimum atomic E-state index is -0.202. The van der Waals surface area contributed by atoms with Crippen molar-refractivity contribution in [1.29, 1.82) is 0 Å². The summed E-state index contributed by atoms with van der Waals surface area (Å²) in [7, 11) is 0. The van der Waals surface area contributed by atoms with E-state index in [1.807, 2.05) is 13.8 Å². The van der Waals surface area contributed by atoms with Crippen molar-refractivity contribution in [3.63, 3.8) is 0 Å². The van der Waals surface area contributed by atoms with Crippen LogP contribution in [0.2, 0.25) is 0 Å². The quantitative estimate of drug-likeness (QED) is 0.821. The monoisotopic (exact) mass is 237 g/mol. The molecule has 4 heteroatoms. The van der Waals surface area contributed by atoms with Crippen molar-refractivity contribution in [2.24, 2.45) is 0 Å². The van der Waals surface area contributed by atoms with E-state index in [4.69, 9.17) is 4.74 Å². The van der Waals surface area contributed by atoms with Gasteiger partial charge in [0.1, 0.15) is 5.75 Å². The maximum Gasteiger partial charge on any atom is 0.251 e. The largest absolute Gasteiger partial charge is 0.508 e. The normalized spacial score (nSPS) is 12.2. The van der Waals surface area contributed by atoms with Crippen LogP contribution in [-0.2, 0) is 4.74 Å². The lowest BCUT2D eigenvalue weighted by Gasteiger charge is -2.12. The molecule has 0 heterocycles. The molecule has 0 radical (unpaired) electrons. The number of carbonyl (C=O) groups excluding carboxylic acids is 1. The standard InChI is InChI=1S/C13H19NO3/c1-4-17-10(3)8-14-13(16)11-6-5-9(2)12(15)7-11/h5-7,10,15H,4,8H2,1-3H3,(H,14,16). The fraction of sp³-hybridized carbons (Fsp3) is 0.462. The zero-order chi connectivity index (χ0) is 12.8. The highest BCUT2D eigenvalue weighted by molar-refractivity contribution is 5.94. The van der Waals surface area contributed by atoms with Crippen LogP contribution in [0.5, 0.6) is 5.75 Å². The number of phenolic OH excluding ortho intramolecular Hbond substituents is 1. The molecule has 1 aromatic carbocycles. The number of hydrogen-bond acceptors (Lipinski definition) is 3. The molecule has 1 aromatic rings. The summed E-state index contributed by atoms with van der Waals surface area (Å²) in [6, 6.07) is 4.88. The second-order valence-corrected chi connectivity index (χ2v) is 3.98. The molecule has 2 N–H and O–H groups in total. The van der Waals surface area contributed by atoms with Crippen molar-refractivity contribution >= 4 is 5.91 Å². The summed E-state index contributed by atoms with van der Waals surface area (Å²) < 4.78 is 5.31. The molecule has 0 saturated carbocycles. The lowest BCUT2D eigenvalue weighted by atomic mass is 10.1. The fourth-order valence-corrected chi connectivity index (χ4v) is 1.43. The number of phenols is 1. The third kappa shape index (κ3) is 4.07. The fourth-order valence-electron chi connectivity index (χ4n) is 1.43. The third-order valence-corrected chi connectivity index (χ3v) is 2.47. The molecule has 0 aliphatic heterocycles. The Bertz CT molecular complexity index is 390. The van der Waals surface area contributed by atoms with Gasteiger partial charge in [0, 0.05) is 18.7 Å². The van der Waals surface area contributed by atoms with Gasteiger partial charge in [-0.1, -0.05) is 6.07 Å². The predicted octanol–water partition coefficient (Wildman–Crippen LogP) is 1.86. The average molecular weight is 237 g/mol. The Morgan fingerprint density at radius 3 is 2.82 bits per heavy atom. The topological polar surface area (TPSA) is 58.6 Å². The van der Waals surface area contributed by atoms with Gasteiger partial charge in [-0.15, -0.1) is 0 Å². The molecule has 0 aromatic heterocycles. The summed E-state index contributed by atoms with van der Waals surface area (Å²) in [5.41, 5.74) is 1.21. The Kier molecular flexibility index (Phi) is 4.97. The van der Waals surface area contributed by atoms with E-state index in [0.717, 1.165) is 5.56 Å². The van der Waals surface area contributed by atoms with Gasteiger partial charge in [-0.25, -0.2) is 0 Å². The summed E-state index contributed by atoms with van der Waals surface area (Å²) in [5.74, 6) is -0.0673.